The molecular formula is C32H52N7O18P3S. The summed E-state index contributed by atoms with van der Waals surface area (Å²) in [6.07, 6.45) is 5.50. The van der Waals surface area contributed by atoms with Gasteiger partial charge in [0.1, 0.15) is 12.3 Å². The van der Waals surface area contributed by atoms with Crippen LogP contribution in [-0.2, 0) is 52.4 Å². The van der Waals surface area contributed by atoms with Crippen molar-refractivity contribution in [1.82, 2.24) is 36.1 Å². The maximum atomic E-state index is 12.5. The van der Waals surface area contributed by atoms with E-state index >= 15 is 0 Å². The standard InChI is InChI=1S/C32H52N7O18P3S/c40-22-16-28(55-23(22)18-54-59(50,51)57-60(52,53)56-58(47,48)49)39-17-20(30(44)38-32(39)46)8-6-14-34-27(43)12-7-15-35-25(41)10-2-1-5-13-33-26(42)11-4-3-9-24-29-21(19-61-24)36-31(45)37-29/h6,14,17,21-24,28-29,40H,1-5,7-13,15-16,18-19H2,(H,33,42)(H,34,43)(H,35,41)(H,50,51)(H,52,53)(H2,36,37,45)(H,38,44,46)(H2,47,48,49)/t21-,22-,23+,24-,28+,29-/m0/s1. The Morgan fingerprint density at radius 1 is 0.885 bits per heavy atom. The van der Waals surface area contributed by atoms with Gasteiger partial charge in [0.05, 0.1) is 24.8 Å². The lowest BCUT2D eigenvalue weighted by atomic mass is 10.0. The molecule has 25 nitrogen and oxygen atoms in total. The number of phosphoric ester groups is 1. The summed E-state index contributed by atoms with van der Waals surface area (Å²) in [5, 5.41) is 24.8. The van der Waals surface area contributed by atoms with E-state index in [0.717, 1.165) is 48.6 Å². The summed E-state index contributed by atoms with van der Waals surface area (Å²) in [6.45, 7) is -0.140. The number of H-pyrrole nitrogens is 1. The smallest absolute Gasteiger partial charge is 0.390 e. The van der Waals surface area contributed by atoms with Gasteiger partial charge in [0, 0.05) is 67.7 Å². The fraction of sp³-hybridized carbons (Fsp3) is 0.688. The largest absolute Gasteiger partial charge is 0.490 e. The molecule has 1 aromatic heterocycles. The van der Waals surface area contributed by atoms with Crippen molar-refractivity contribution in [2.75, 3.05) is 25.4 Å². The van der Waals surface area contributed by atoms with E-state index in [1.54, 1.807) is 0 Å². The molecule has 0 spiro atoms. The molecule has 344 valence electrons. The molecule has 8 atom stereocenters. The van der Waals surface area contributed by atoms with Crippen molar-refractivity contribution < 1.29 is 75.4 Å². The Hall–Kier alpha value is -3.22. The van der Waals surface area contributed by atoms with Gasteiger partial charge in [-0.25, -0.2) is 23.3 Å². The minimum absolute atomic E-state index is 0.00366. The van der Waals surface area contributed by atoms with Gasteiger partial charge < -0.3 is 56.0 Å². The summed E-state index contributed by atoms with van der Waals surface area (Å²) in [4.78, 5) is 111. The minimum atomic E-state index is -5.77. The van der Waals surface area contributed by atoms with Gasteiger partial charge in [-0.1, -0.05) is 18.9 Å². The monoisotopic (exact) mass is 947 g/mol. The lowest BCUT2D eigenvalue weighted by molar-refractivity contribution is -0.122. The van der Waals surface area contributed by atoms with Gasteiger partial charge in [-0.15, -0.1) is 0 Å². The molecule has 5 amide bonds. The number of aliphatic hydroxyl groups excluding tert-OH is 1. The average molecular weight is 948 g/mol. The van der Waals surface area contributed by atoms with E-state index in [0.29, 0.717) is 37.5 Å². The van der Waals surface area contributed by atoms with Crippen molar-refractivity contribution in [1.29, 1.82) is 0 Å². The quantitative estimate of drug-likeness (QED) is 0.0331. The first kappa shape index (κ1) is 50.4. The maximum Gasteiger partial charge on any atom is 0.490 e. The number of hydrogen-bond acceptors (Lipinski definition) is 15. The van der Waals surface area contributed by atoms with E-state index in [1.165, 1.54) is 12.3 Å². The number of nitrogens with one attached hydrogen (secondary N) is 6. The number of carbonyl (C=O) groups excluding carboxylic acids is 4. The van der Waals surface area contributed by atoms with Crippen LogP contribution >= 0.6 is 35.2 Å². The number of aliphatic hydroxyl groups is 1. The Morgan fingerprint density at radius 3 is 2.26 bits per heavy atom. The molecule has 3 fully saturated rings. The number of hydrogen-bond donors (Lipinski definition) is 11. The molecule has 11 N–H and O–H groups in total. The number of aromatic nitrogens is 2. The number of amides is 5. The molecule has 4 heterocycles. The summed E-state index contributed by atoms with van der Waals surface area (Å²) >= 11 is 1.86. The third kappa shape index (κ3) is 17.8. The second-order valence-electron chi connectivity index (χ2n) is 14.3. The zero-order chi connectivity index (χ0) is 44.8. The number of thioether (sulfide) groups is 1. The molecule has 3 aliphatic heterocycles. The summed E-state index contributed by atoms with van der Waals surface area (Å²) in [5.74, 6) is 0.412. The topological polar surface area (TPSA) is 373 Å². The minimum Gasteiger partial charge on any atom is -0.390 e. The first-order valence-electron chi connectivity index (χ1n) is 19.3. The summed E-state index contributed by atoms with van der Waals surface area (Å²) in [7, 11) is -16.9. The number of allylic oxidation sites excluding steroid dienone is 1. The van der Waals surface area contributed by atoms with Crippen molar-refractivity contribution in [2.24, 2.45) is 0 Å². The zero-order valence-corrected chi connectivity index (χ0v) is 36.3. The molecule has 1 aromatic rings. The Bertz CT molecular complexity index is 2000. The van der Waals surface area contributed by atoms with E-state index in [4.69, 9.17) is 14.5 Å². The predicted octanol–water partition coefficient (Wildman–Crippen LogP) is -0.000500. The van der Waals surface area contributed by atoms with Crippen LogP contribution in [0.25, 0.3) is 0 Å². The van der Waals surface area contributed by atoms with E-state index in [2.05, 4.69) is 44.7 Å². The van der Waals surface area contributed by atoms with Crippen molar-refractivity contribution in [3.63, 3.8) is 0 Å². The number of nitrogens with zero attached hydrogens (tertiary/aromatic N) is 1. The molecule has 3 saturated heterocycles. The number of ether oxygens (including phenoxy) is 1. The molecule has 3 aliphatic rings. The van der Waals surface area contributed by atoms with Crippen LogP contribution in [0.5, 0.6) is 0 Å². The van der Waals surface area contributed by atoms with E-state index < -0.39 is 59.8 Å². The van der Waals surface area contributed by atoms with Gasteiger partial charge in [-0.2, -0.15) is 20.4 Å². The zero-order valence-electron chi connectivity index (χ0n) is 32.8. The molecule has 0 aliphatic carbocycles. The normalized spacial score (nSPS) is 24.4. The highest BCUT2D eigenvalue weighted by Gasteiger charge is 2.44. The fourth-order valence-electron chi connectivity index (χ4n) is 6.55. The van der Waals surface area contributed by atoms with Crippen LogP contribution in [0.15, 0.2) is 28.1 Å². The van der Waals surface area contributed by atoms with Crippen LogP contribution < -0.4 is 37.8 Å². The van der Waals surface area contributed by atoms with Crippen molar-refractivity contribution >= 4 is 59.0 Å². The molecule has 0 aromatic carbocycles. The summed E-state index contributed by atoms with van der Waals surface area (Å²) in [6, 6.07) is 0.259. The Balaban J connectivity index is 1.04. The van der Waals surface area contributed by atoms with Crippen molar-refractivity contribution in [3.05, 3.63) is 44.9 Å². The van der Waals surface area contributed by atoms with Crippen LogP contribution in [0.4, 0.5) is 4.79 Å². The lowest BCUT2D eigenvalue weighted by Crippen LogP contribution is -2.36. The molecule has 0 radical (unpaired) electrons. The molecule has 4 rings (SSSR count). The van der Waals surface area contributed by atoms with Crippen LogP contribution in [0.2, 0.25) is 0 Å². The number of rotatable bonds is 26. The van der Waals surface area contributed by atoms with Gasteiger partial charge in [0.15, 0.2) is 0 Å². The summed E-state index contributed by atoms with van der Waals surface area (Å²) < 4.78 is 52.5. The molecule has 29 heteroatoms. The Morgan fingerprint density at radius 2 is 1.56 bits per heavy atom. The van der Waals surface area contributed by atoms with Gasteiger partial charge in [-0.3, -0.25) is 33.3 Å². The molecule has 0 bridgehead atoms. The number of aromatic amines is 1. The van der Waals surface area contributed by atoms with Crippen LogP contribution in [0.1, 0.15) is 82.4 Å². The highest BCUT2D eigenvalue weighted by Crippen LogP contribution is 2.66. The van der Waals surface area contributed by atoms with E-state index in [-0.39, 0.29) is 67.2 Å². The molecule has 0 saturated carbocycles. The average Bonchev–Trinajstić information content (AvgIpc) is 3.83. The first-order chi connectivity index (χ1) is 28.7. The number of carbonyl (C=O) groups is 4. The Kier molecular flexibility index (Phi) is 19.4. The number of fused-ring (bicyclic) bond motifs is 1. The van der Waals surface area contributed by atoms with Gasteiger partial charge in [0.2, 0.25) is 17.7 Å². The molecule has 2 unspecified atom stereocenters. The van der Waals surface area contributed by atoms with Gasteiger partial charge >= 0.3 is 35.2 Å². The fourth-order valence-corrected chi connectivity index (χ4v) is 11.1. The van der Waals surface area contributed by atoms with E-state index in [9.17, 15) is 57.4 Å². The molecule has 61 heavy (non-hydrogen) atoms. The third-order valence-electron chi connectivity index (χ3n) is 9.46. The van der Waals surface area contributed by atoms with Crippen molar-refractivity contribution in [3.8, 4) is 0 Å². The van der Waals surface area contributed by atoms with Gasteiger partial charge in [0.25, 0.3) is 5.56 Å². The van der Waals surface area contributed by atoms with Gasteiger partial charge in [-0.05, 0) is 38.5 Å². The van der Waals surface area contributed by atoms with Crippen molar-refractivity contribution in [2.45, 2.75) is 113 Å². The number of urea groups is 1. The second-order valence-corrected chi connectivity index (χ2v) is 20.0. The highest BCUT2D eigenvalue weighted by atomic mass is 32.2. The first-order valence-corrected chi connectivity index (χ1v) is 24.9. The third-order valence-corrected chi connectivity index (χ3v) is 14.8. The van der Waals surface area contributed by atoms with E-state index in [1.807, 2.05) is 11.8 Å². The lowest BCUT2D eigenvalue weighted by Gasteiger charge is -2.19. The van der Waals surface area contributed by atoms with Crippen LogP contribution in [-0.4, -0.2) is 113 Å². The number of unbranched alkanes of at least 4 members (excludes halogenated alkanes) is 3. The predicted molar refractivity (Wildman–Crippen MR) is 214 cm³/mol. The second kappa shape index (κ2) is 23.5. The summed E-state index contributed by atoms with van der Waals surface area (Å²) in [5.41, 5.74) is -1.63. The molecular weight excluding hydrogens is 895 g/mol. The Labute approximate surface area is 353 Å². The van der Waals surface area contributed by atoms with Crippen LogP contribution in [0, 0.1) is 0 Å². The number of phosphoric acid groups is 3. The SMILES string of the molecule is O=C(CCCNC(=O)CCCCCNC(=O)CCCC[C@@H]1SC[C@@H]2NC(=O)N[C@@H]21)NC=CCc1cn([C@H]2C[C@H](O)[C@@H](COP(=O)(O)OP(=O)(O)OP(=O)(O)O)O2)c(=O)[nH]c1=O. The van der Waals surface area contributed by atoms with Crippen LogP contribution in [0.3, 0.4) is 0 Å². The highest BCUT2D eigenvalue weighted by molar-refractivity contribution is 8.00. The maximum absolute atomic E-state index is 12.5.